The summed E-state index contributed by atoms with van der Waals surface area (Å²) in [4.78, 5) is 7.48. The van der Waals surface area contributed by atoms with Gasteiger partial charge >= 0.3 is 0 Å². The number of nitrogens with zero attached hydrogens (tertiary/aromatic N) is 3. The molecule has 0 unspecified atom stereocenters. The Balaban J connectivity index is 1.58. The van der Waals surface area contributed by atoms with Gasteiger partial charge in [-0.25, -0.2) is 4.98 Å². The number of hydrogen-bond donors (Lipinski definition) is 1. The molecule has 1 N–H and O–H groups in total. The largest absolute Gasteiger partial charge is 0.314 e. The van der Waals surface area contributed by atoms with Crippen molar-refractivity contribution in [2.45, 2.75) is 44.2 Å². The van der Waals surface area contributed by atoms with Gasteiger partial charge in [-0.15, -0.1) is 0 Å². The molecule has 112 valence electrons. The van der Waals surface area contributed by atoms with Gasteiger partial charge in [0.1, 0.15) is 5.65 Å². The summed E-state index contributed by atoms with van der Waals surface area (Å²) in [5.41, 5.74) is 2.64. The van der Waals surface area contributed by atoms with E-state index in [1.807, 2.05) is 0 Å². The fourth-order valence-electron chi connectivity index (χ4n) is 4.09. The molecule has 4 nitrogen and oxygen atoms in total. The predicted octanol–water partition coefficient (Wildman–Crippen LogP) is 2.44. The number of pyridine rings is 1. The second-order valence-electron chi connectivity index (χ2n) is 6.58. The van der Waals surface area contributed by atoms with E-state index in [-0.39, 0.29) is 0 Å². The molecule has 0 atom stereocenters. The first-order chi connectivity index (χ1) is 10.4. The molecule has 4 rings (SSSR count). The van der Waals surface area contributed by atoms with Crippen molar-refractivity contribution in [1.82, 2.24) is 19.6 Å². The zero-order valence-electron chi connectivity index (χ0n) is 12.6. The molecule has 1 spiro atoms. The van der Waals surface area contributed by atoms with E-state index in [0.29, 0.717) is 5.54 Å². The summed E-state index contributed by atoms with van der Waals surface area (Å²) in [6.45, 7) is 4.40. The van der Waals surface area contributed by atoms with Crippen molar-refractivity contribution in [2.75, 3.05) is 19.6 Å². The monoisotopic (exact) mass is 284 g/mol. The number of imidazole rings is 1. The zero-order valence-corrected chi connectivity index (χ0v) is 12.6. The van der Waals surface area contributed by atoms with Crippen LogP contribution in [-0.4, -0.2) is 39.5 Å². The normalized spacial score (nSPS) is 22.9. The molecule has 21 heavy (non-hydrogen) atoms. The summed E-state index contributed by atoms with van der Waals surface area (Å²) < 4.78 is 2.13. The summed E-state index contributed by atoms with van der Waals surface area (Å²) in [6, 6.07) is 6.20. The topological polar surface area (TPSA) is 32.6 Å². The zero-order chi connectivity index (χ0) is 14.1. The Bertz CT molecular complexity index is 571. The van der Waals surface area contributed by atoms with E-state index in [9.17, 15) is 0 Å². The minimum Gasteiger partial charge on any atom is -0.314 e. The van der Waals surface area contributed by atoms with Crippen molar-refractivity contribution < 1.29 is 0 Å². The van der Waals surface area contributed by atoms with Gasteiger partial charge in [-0.3, -0.25) is 4.90 Å². The number of hydrogen-bond acceptors (Lipinski definition) is 3. The molecule has 0 bridgehead atoms. The molecule has 1 aliphatic heterocycles. The highest BCUT2D eigenvalue weighted by Crippen LogP contribution is 2.35. The number of piperazine rings is 1. The van der Waals surface area contributed by atoms with Crippen molar-refractivity contribution in [2.24, 2.45) is 0 Å². The van der Waals surface area contributed by atoms with Crippen LogP contribution in [0.3, 0.4) is 0 Å². The van der Waals surface area contributed by atoms with Gasteiger partial charge in [-0.1, -0.05) is 25.3 Å². The molecule has 0 aromatic carbocycles. The van der Waals surface area contributed by atoms with E-state index in [4.69, 9.17) is 4.98 Å². The Morgan fingerprint density at radius 1 is 1.19 bits per heavy atom. The van der Waals surface area contributed by atoms with Crippen LogP contribution in [0.4, 0.5) is 0 Å². The highest BCUT2D eigenvalue weighted by Gasteiger charge is 2.39. The third-order valence-corrected chi connectivity index (χ3v) is 5.23. The molecule has 3 heterocycles. The van der Waals surface area contributed by atoms with Gasteiger partial charge in [0.25, 0.3) is 0 Å². The average Bonchev–Trinajstić information content (AvgIpc) is 2.93. The number of fused-ring (bicyclic) bond motifs is 1. The quantitative estimate of drug-likeness (QED) is 0.919. The van der Waals surface area contributed by atoms with Gasteiger partial charge in [0.15, 0.2) is 0 Å². The maximum absolute atomic E-state index is 4.79. The Morgan fingerprint density at radius 2 is 2.10 bits per heavy atom. The molecular formula is C17H24N4. The van der Waals surface area contributed by atoms with Crippen LogP contribution in [-0.2, 0) is 6.54 Å². The Labute approximate surface area is 126 Å². The van der Waals surface area contributed by atoms with Gasteiger partial charge < -0.3 is 9.72 Å². The van der Waals surface area contributed by atoms with Crippen LogP contribution >= 0.6 is 0 Å². The lowest BCUT2D eigenvalue weighted by molar-refractivity contribution is 0.0200. The first kappa shape index (κ1) is 13.3. The van der Waals surface area contributed by atoms with E-state index < -0.39 is 0 Å². The molecular weight excluding hydrogens is 260 g/mol. The van der Waals surface area contributed by atoms with Gasteiger partial charge in [0.2, 0.25) is 0 Å². The van der Waals surface area contributed by atoms with Gasteiger partial charge in [-0.05, 0) is 25.0 Å². The fraction of sp³-hybridized carbons (Fsp3) is 0.588. The summed E-state index contributed by atoms with van der Waals surface area (Å²) >= 11 is 0. The molecule has 1 saturated heterocycles. The number of aromatic nitrogens is 2. The van der Waals surface area contributed by atoms with Gasteiger partial charge in [0, 0.05) is 44.1 Å². The van der Waals surface area contributed by atoms with Crippen LogP contribution in [0.2, 0.25) is 0 Å². The SMILES string of the molecule is c1ccn2cc(CN3CCNCC34CCCCC4)nc2c1. The Hall–Kier alpha value is -1.39. The highest BCUT2D eigenvalue weighted by atomic mass is 15.3. The van der Waals surface area contributed by atoms with Crippen molar-refractivity contribution in [3.8, 4) is 0 Å². The Morgan fingerprint density at radius 3 is 2.95 bits per heavy atom. The molecule has 2 aliphatic rings. The molecule has 2 aromatic rings. The molecule has 2 fully saturated rings. The first-order valence-corrected chi connectivity index (χ1v) is 8.24. The van der Waals surface area contributed by atoms with E-state index >= 15 is 0 Å². The summed E-state index contributed by atoms with van der Waals surface area (Å²) in [5.74, 6) is 0. The number of nitrogens with one attached hydrogen (secondary N) is 1. The Kier molecular flexibility index (Phi) is 3.43. The molecule has 2 aromatic heterocycles. The maximum Gasteiger partial charge on any atom is 0.137 e. The molecule has 0 amide bonds. The fourth-order valence-corrected chi connectivity index (χ4v) is 4.09. The predicted molar refractivity (Wildman–Crippen MR) is 84.3 cm³/mol. The third kappa shape index (κ3) is 2.47. The first-order valence-electron chi connectivity index (χ1n) is 8.24. The van der Waals surface area contributed by atoms with Crippen LogP contribution in [0.15, 0.2) is 30.6 Å². The van der Waals surface area contributed by atoms with Crippen LogP contribution in [0.5, 0.6) is 0 Å². The maximum atomic E-state index is 4.79. The second kappa shape index (κ2) is 5.43. The van der Waals surface area contributed by atoms with Crippen LogP contribution in [0.1, 0.15) is 37.8 Å². The molecule has 4 heteroatoms. The lowest BCUT2D eigenvalue weighted by Crippen LogP contribution is -2.61. The molecule has 1 aliphatic carbocycles. The molecule has 0 radical (unpaired) electrons. The van der Waals surface area contributed by atoms with Gasteiger partial charge in [-0.2, -0.15) is 0 Å². The summed E-state index contributed by atoms with van der Waals surface area (Å²) in [7, 11) is 0. The van der Waals surface area contributed by atoms with Crippen molar-refractivity contribution in [3.05, 3.63) is 36.3 Å². The highest BCUT2D eigenvalue weighted by molar-refractivity contribution is 5.39. The minimum atomic E-state index is 0.381. The average molecular weight is 284 g/mol. The second-order valence-corrected chi connectivity index (χ2v) is 6.58. The van der Waals surface area contributed by atoms with E-state index in [2.05, 4.69) is 45.2 Å². The standard InChI is InChI=1S/C17H24N4/c1-3-7-17(8-4-1)14-18-9-11-21(17)13-15-12-20-10-5-2-6-16(20)19-15/h2,5-6,10,12,18H,1,3-4,7-9,11,13-14H2. The van der Waals surface area contributed by atoms with Crippen molar-refractivity contribution >= 4 is 5.65 Å². The minimum absolute atomic E-state index is 0.381. The van der Waals surface area contributed by atoms with Crippen molar-refractivity contribution in [1.29, 1.82) is 0 Å². The lowest BCUT2D eigenvalue weighted by Gasteiger charge is -2.49. The summed E-state index contributed by atoms with van der Waals surface area (Å²) in [5, 5.41) is 3.62. The summed E-state index contributed by atoms with van der Waals surface area (Å²) in [6.07, 6.45) is 11.1. The van der Waals surface area contributed by atoms with Crippen LogP contribution < -0.4 is 5.32 Å². The third-order valence-electron chi connectivity index (χ3n) is 5.23. The van der Waals surface area contributed by atoms with Crippen LogP contribution in [0, 0.1) is 0 Å². The number of rotatable bonds is 2. The molecule has 1 saturated carbocycles. The smallest absolute Gasteiger partial charge is 0.137 e. The van der Waals surface area contributed by atoms with E-state index in [1.54, 1.807) is 0 Å². The van der Waals surface area contributed by atoms with Crippen LogP contribution in [0.25, 0.3) is 5.65 Å². The lowest BCUT2D eigenvalue weighted by atomic mass is 9.79. The van der Waals surface area contributed by atoms with E-state index in [0.717, 1.165) is 31.8 Å². The van der Waals surface area contributed by atoms with Gasteiger partial charge in [0.05, 0.1) is 5.69 Å². The van der Waals surface area contributed by atoms with E-state index in [1.165, 1.54) is 37.8 Å². The van der Waals surface area contributed by atoms with Crippen molar-refractivity contribution in [3.63, 3.8) is 0 Å².